The third-order valence-electron chi connectivity index (χ3n) is 11.7. The van der Waals surface area contributed by atoms with E-state index in [-0.39, 0.29) is 19.4 Å². The van der Waals surface area contributed by atoms with Crippen LogP contribution in [0.15, 0.2) is 72.9 Å². The lowest BCUT2D eigenvalue weighted by Crippen LogP contribution is -2.61. The Bertz CT molecular complexity index is 1460. The van der Waals surface area contributed by atoms with Gasteiger partial charge in [-0.05, 0) is 64.2 Å². The smallest absolute Gasteiger partial charge is 0.310 e. The maximum atomic E-state index is 12.9. The molecular weight excluding hydrogens is 877 g/mol. The first-order valence-corrected chi connectivity index (χ1v) is 25.5. The minimum Gasteiger partial charge on any atom is -0.462 e. The second-order valence-electron chi connectivity index (χ2n) is 17.6. The van der Waals surface area contributed by atoms with Crippen molar-refractivity contribution in [3.05, 3.63) is 72.9 Å². The highest BCUT2D eigenvalue weighted by molar-refractivity contribution is 5.71. The van der Waals surface area contributed by atoms with Gasteiger partial charge in [0.25, 0.3) is 0 Å². The molecule has 0 bridgehead atoms. The van der Waals surface area contributed by atoms with Crippen molar-refractivity contribution in [3.63, 3.8) is 0 Å². The Kier molecular flexibility index (Phi) is 35.6. The molecule has 15 heteroatoms. The third kappa shape index (κ3) is 27.4. The van der Waals surface area contributed by atoms with Crippen LogP contribution in [0.25, 0.3) is 0 Å². The summed E-state index contributed by atoms with van der Waals surface area (Å²) in [6, 6.07) is 0. The van der Waals surface area contributed by atoms with Gasteiger partial charge in [0.15, 0.2) is 18.7 Å². The molecule has 0 saturated carbocycles. The number of unbranched alkanes of at least 4 members (excludes halogenated alkanes) is 13. The number of hydrogen-bond donors (Lipinski definition) is 7. The van der Waals surface area contributed by atoms with Crippen LogP contribution < -0.4 is 0 Å². The van der Waals surface area contributed by atoms with Crippen molar-refractivity contribution in [1.82, 2.24) is 0 Å². The molecule has 0 aromatic carbocycles. The largest absolute Gasteiger partial charge is 0.462 e. The number of ether oxygens (including phenoxy) is 6. The quantitative estimate of drug-likeness (QED) is 0.0187. The maximum absolute atomic E-state index is 12.9. The van der Waals surface area contributed by atoms with Crippen molar-refractivity contribution in [1.29, 1.82) is 0 Å². The van der Waals surface area contributed by atoms with Crippen LogP contribution in [0.2, 0.25) is 0 Å². The van der Waals surface area contributed by atoms with Crippen molar-refractivity contribution in [3.8, 4) is 0 Å². The van der Waals surface area contributed by atoms with Crippen molar-refractivity contribution in [2.75, 3.05) is 26.4 Å². The van der Waals surface area contributed by atoms with Crippen LogP contribution in [0, 0.1) is 0 Å². The summed E-state index contributed by atoms with van der Waals surface area (Å²) >= 11 is 0. The fourth-order valence-electron chi connectivity index (χ4n) is 7.52. The van der Waals surface area contributed by atoms with Gasteiger partial charge < -0.3 is 64.2 Å². The summed E-state index contributed by atoms with van der Waals surface area (Å²) in [6.07, 6.45) is 29.6. The molecule has 15 nitrogen and oxygen atoms in total. The van der Waals surface area contributed by atoms with Gasteiger partial charge in [0.05, 0.1) is 26.2 Å². The van der Waals surface area contributed by atoms with Crippen LogP contribution in [-0.4, -0.2) is 142 Å². The predicted molar refractivity (Wildman–Crippen MR) is 261 cm³/mol. The van der Waals surface area contributed by atoms with Gasteiger partial charge in [-0.1, -0.05) is 151 Å². The normalized spacial score (nSPS) is 26.4. The van der Waals surface area contributed by atoms with Crippen LogP contribution in [0.3, 0.4) is 0 Å². The number of rotatable bonds is 38. The number of allylic oxidation sites excluding steroid dienone is 11. The molecule has 0 aromatic heterocycles. The minimum atomic E-state index is -1.78. The van der Waals surface area contributed by atoms with E-state index < -0.39 is 99.3 Å². The summed E-state index contributed by atoms with van der Waals surface area (Å²) in [4.78, 5) is 25.7. The predicted octanol–water partition coefficient (Wildman–Crippen LogP) is 7.04. The molecule has 2 saturated heterocycles. The molecule has 390 valence electrons. The van der Waals surface area contributed by atoms with E-state index in [2.05, 4.69) is 62.5 Å². The van der Waals surface area contributed by atoms with Gasteiger partial charge in [0.2, 0.25) is 0 Å². The summed E-state index contributed by atoms with van der Waals surface area (Å²) in [5.41, 5.74) is 0. The zero-order chi connectivity index (χ0) is 49.6. The molecule has 0 spiro atoms. The molecule has 11 atom stereocenters. The maximum Gasteiger partial charge on any atom is 0.310 e. The first kappa shape index (κ1) is 61.1. The third-order valence-corrected chi connectivity index (χ3v) is 11.7. The zero-order valence-electron chi connectivity index (χ0n) is 41.1. The Balaban J connectivity index is 1.85. The molecule has 2 rings (SSSR count). The van der Waals surface area contributed by atoms with Crippen molar-refractivity contribution >= 4 is 11.9 Å². The number of carbonyl (C=O) groups excluding carboxylic acids is 2. The van der Waals surface area contributed by atoms with E-state index >= 15 is 0 Å². The molecule has 0 aliphatic carbocycles. The molecule has 0 aromatic rings. The van der Waals surface area contributed by atoms with Crippen LogP contribution in [-0.2, 0) is 38.0 Å². The van der Waals surface area contributed by atoms with Gasteiger partial charge in [-0.3, -0.25) is 9.59 Å². The van der Waals surface area contributed by atoms with E-state index in [1.165, 1.54) is 57.8 Å². The molecule has 2 aliphatic heterocycles. The van der Waals surface area contributed by atoms with Gasteiger partial charge in [0.1, 0.15) is 55.4 Å². The van der Waals surface area contributed by atoms with Gasteiger partial charge in [-0.15, -0.1) is 0 Å². The lowest BCUT2D eigenvalue weighted by Gasteiger charge is -2.42. The van der Waals surface area contributed by atoms with Crippen molar-refractivity contribution < 1.29 is 73.8 Å². The fourth-order valence-corrected chi connectivity index (χ4v) is 7.52. The van der Waals surface area contributed by atoms with E-state index in [0.29, 0.717) is 12.8 Å². The number of carbonyl (C=O) groups is 2. The number of esters is 2. The Morgan fingerprint density at radius 2 is 0.971 bits per heavy atom. The average molecular weight is 965 g/mol. The Morgan fingerprint density at radius 3 is 1.51 bits per heavy atom. The second-order valence-corrected chi connectivity index (χ2v) is 17.6. The zero-order valence-corrected chi connectivity index (χ0v) is 41.1. The summed E-state index contributed by atoms with van der Waals surface area (Å²) in [5, 5.41) is 72.0. The summed E-state index contributed by atoms with van der Waals surface area (Å²) in [7, 11) is 0. The molecule has 7 N–H and O–H groups in total. The van der Waals surface area contributed by atoms with Crippen molar-refractivity contribution in [2.24, 2.45) is 0 Å². The lowest BCUT2D eigenvalue weighted by molar-refractivity contribution is -0.332. The fraction of sp³-hybridized carbons (Fsp3) is 0.736. The van der Waals surface area contributed by atoms with Gasteiger partial charge in [0, 0.05) is 6.42 Å². The topological polar surface area (TPSA) is 231 Å². The molecule has 2 aliphatic rings. The Morgan fingerprint density at radius 1 is 0.500 bits per heavy atom. The summed E-state index contributed by atoms with van der Waals surface area (Å²) < 4.78 is 33.4. The number of hydrogen-bond acceptors (Lipinski definition) is 15. The first-order valence-electron chi connectivity index (χ1n) is 25.5. The van der Waals surface area contributed by atoms with E-state index in [4.69, 9.17) is 28.4 Å². The number of aliphatic hydroxyl groups is 7. The highest BCUT2D eigenvalue weighted by Crippen LogP contribution is 2.26. The van der Waals surface area contributed by atoms with Gasteiger partial charge in [-0.25, -0.2) is 0 Å². The van der Waals surface area contributed by atoms with Crippen LogP contribution in [0.5, 0.6) is 0 Å². The molecule has 68 heavy (non-hydrogen) atoms. The molecule has 0 amide bonds. The standard InChI is InChI=1S/C53H88O15/c1-3-5-7-9-11-13-15-17-19-20-22-23-25-27-29-31-33-35-44(55)63-38-41(66-45(56)36-34-32-30-28-26-24-21-18-16-14-12-10-8-6-4-2)39-64-52-51(62)49(60)47(58)43(68-52)40-65-53-50(61)48(59)46(57)42(37-54)67-53/h6,8,12,14,17-19,21,26,28,32,34,41-43,46-54,57-62H,3-5,7,9-11,13,15-16,20,22-25,27,29-31,33,35-40H2,1-2H3/b8-6-,14-12-,19-17-,21-18-,28-26-,34-32-. The van der Waals surface area contributed by atoms with E-state index in [9.17, 15) is 45.3 Å². The highest BCUT2D eigenvalue weighted by Gasteiger charge is 2.47. The molecule has 2 heterocycles. The lowest BCUT2D eigenvalue weighted by atomic mass is 9.98. The van der Waals surface area contributed by atoms with E-state index in [1.54, 1.807) is 6.08 Å². The first-order chi connectivity index (χ1) is 33.0. The van der Waals surface area contributed by atoms with Crippen LogP contribution >= 0.6 is 0 Å². The summed E-state index contributed by atoms with van der Waals surface area (Å²) in [5.74, 6) is -1.08. The Labute approximate surface area is 406 Å². The molecule has 2 fully saturated rings. The van der Waals surface area contributed by atoms with Crippen LogP contribution in [0.1, 0.15) is 155 Å². The molecule has 11 unspecified atom stereocenters. The second kappa shape index (κ2) is 39.6. The minimum absolute atomic E-state index is 0.0707. The molecule has 0 radical (unpaired) electrons. The summed E-state index contributed by atoms with van der Waals surface area (Å²) in [6.45, 7) is 2.35. The average Bonchev–Trinajstić information content (AvgIpc) is 3.33. The molecular formula is C53H88O15. The monoisotopic (exact) mass is 965 g/mol. The van der Waals surface area contributed by atoms with Crippen molar-refractivity contribution in [2.45, 2.75) is 223 Å². The van der Waals surface area contributed by atoms with Gasteiger partial charge in [-0.2, -0.15) is 0 Å². The SMILES string of the molecule is CC/C=C\C/C=C\C/C=C\C/C=C\C/C=C\CC(=O)OC(COC(=O)CCCCCCCCC/C=C\CCCCCCCC)COC1OC(COC2OC(CO)C(O)C(O)C2O)C(O)C(O)C1O. The van der Waals surface area contributed by atoms with Crippen LogP contribution in [0.4, 0.5) is 0 Å². The van der Waals surface area contributed by atoms with E-state index in [1.807, 2.05) is 18.2 Å². The highest BCUT2D eigenvalue weighted by atomic mass is 16.7. The Hall–Kier alpha value is -3.06. The van der Waals surface area contributed by atoms with Gasteiger partial charge >= 0.3 is 11.9 Å². The number of aliphatic hydroxyl groups excluding tert-OH is 7. The van der Waals surface area contributed by atoms with E-state index in [0.717, 1.165) is 57.8 Å².